The van der Waals surface area contributed by atoms with Gasteiger partial charge >= 0.3 is 5.97 Å². The molecule has 1 fully saturated rings. The summed E-state index contributed by atoms with van der Waals surface area (Å²) in [6, 6.07) is 3.32. The minimum atomic E-state index is -1.18. The van der Waals surface area contributed by atoms with Crippen LogP contribution in [-0.4, -0.2) is 37.9 Å². The lowest BCUT2D eigenvalue weighted by atomic mass is 10.2. The largest absolute Gasteiger partial charge is 0.507 e. The van der Waals surface area contributed by atoms with E-state index in [0.717, 1.165) is 28.8 Å². The Kier molecular flexibility index (Phi) is 4.05. The maximum atomic E-state index is 13.1. The zero-order valence-electron chi connectivity index (χ0n) is 9.87. The normalized spacial score (nSPS) is 17.1. The van der Waals surface area contributed by atoms with Crippen LogP contribution in [0.15, 0.2) is 23.1 Å². The molecule has 20 heavy (non-hydrogen) atoms. The van der Waals surface area contributed by atoms with E-state index in [9.17, 15) is 19.1 Å². The van der Waals surface area contributed by atoms with Crippen LogP contribution in [0.4, 0.5) is 4.39 Å². The van der Waals surface area contributed by atoms with Crippen molar-refractivity contribution in [2.75, 3.05) is 6.54 Å². The fourth-order valence-electron chi connectivity index (χ4n) is 1.55. The Morgan fingerprint density at radius 3 is 2.85 bits per heavy atom. The first-order valence-electron chi connectivity index (χ1n) is 5.34. The second-order valence-electron chi connectivity index (χ2n) is 3.86. The molecule has 0 aromatic heterocycles. The second-order valence-corrected chi connectivity index (χ2v) is 5.54. The number of hydrogen-bond acceptors (Lipinski definition) is 5. The second kappa shape index (κ2) is 5.59. The molecule has 1 aliphatic heterocycles. The standard InChI is InChI=1S/C12H8FNO4S2/c13-7-1-2-8(15)6(3-7)4-9-11(18)14(5-10(16)17)12(19)20-9/h1-4,15H,5H2,(H,16,17)/b9-4+. The third kappa shape index (κ3) is 2.97. The molecule has 0 spiro atoms. The molecule has 5 nitrogen and oxygen atoms in total. The first-order valence-corrected chi connectivity index (χ1v) is 6.56. The Hall–Kier alpha value is -1.93. The van der Waals surface area contributed by atoms with Crippen molar-refractivity contribution in [1.29, 1.82) is 0 Å². The number of aliphatic carboxylic acids is 1. The van der Waals surface area contributed by atoms with Gasteiger partial charge in [0.1, 0.15) is 22.4 Å². The van der Waals surface area contributed by atoms with E-state index in [1.54, 1.807) is 0 Å². The van der Waals surface area contributed by atoms with Gasteiger partial charge in [0.05, 0.1) is 4.91 Å². The summed E-state index contributed by atoms with van der Waals surface area (Å²) in [5.74, 6) is -2.51. The van der Waals surface area contributed by atoms with Crippen LogP contribution in [0, 0.1) is 5.82 Å². The van der Waals surface area contributed by atoms with Gasteiger partial charge in [-0.2, -0.15) is 0 Å². The number of nitrogens with zero attached hydrogens (tertiary/aromatic N) is 1. The predicted octanol–water partition coefficient (Wildman–Crippen LogP) is 1.82. The molecule has 0 atom stereocenters. The van der Waals surface area contributed by atoms with Gasteiger partial charge in [0, 0.05) is 5.56 Å². The van der Waals surface area contributed by atoms with Gasteiger partial charge in [-0.1, -0.05) is 24.0 Å². The summed E-state index contributed by atoms with van der Waals surface area (Å²) in [4.78, 5) is 23.7. The van der Waals surface area contributed by atoms with Gasteiger partial charge < -0.3 is 10.2 Å². The zero-order chi connectivity index (χ0) is 14.9. The van der Waals surface area contributed by atoms with Crippen molar-refractivity contribution in [2.45, 2.75) is 0 Å². The first-order chi connectivity index (χ1) is 9.38. The third-order valence-corrected chi connectivity index (χ3v) is 3.82. The minimum absolute atomic E-state index is 0.111. The summed E-state index contributed by atoms with van der Waals surface area (Å²) < 4.78 is 13.2. The number of benzene rings is 1. The average Bonchev–Trinajstić information content (AvgIpc) is 2.61. The van der Waals surface area contributed by atoms with Gasteiger partial charge in [-0.05, 0) is 24.3 Å². The molecule has 0 aliphatic carbocycles. The Morgan fingerprint density at radius 1 is 1.50 bits per heavy atom. The fraction of sp³-hybridized carbons (Fsp3) is 0.0833. The molecule has 2 rings (SSSR count). The quantitative estimate of drug-likeness (QED) is 0.655. The van der Waals surface area contributed by atoms with Crippen LogP contribution >= 0.6 is 24.0 Å². The van der Waals surface area contributed by atoms with Gasteiger partial charge in [0.2, 0.25) is 0 Å². The number of aromatic hydroxyl groups is 1. The molecule has 0 bridgehead atoms. The van der Waals surface area contributed by atoms with E-state index in [1.807, 2.05) is 0 Å². The van der Waals surface area contributed by atoms with Crippen LogP contribution in [-0.2, 0) is 9.59 Å². The summed E-state index contributed by atoms with van der Waals surface area (Å²) in [6.45, 7) is -0.531. The number of rotatable bonds is 3. The van der Waals surface area contributed by atoms with Crippen molar-refractivity contribution in [3.63, 3.8) is 0 Å². The van der Waals surface area contributed by atoms with Crippen molar-refractivity contribution >= 4 is 46.3 Å². The molecular formula is C12H8FNO4S2. The minimum Gasteiger partial charge on any atom is -0.507 e. The molecule has 1 aromatic rings. The topological polar surface area (TPSA) is 77.8 Å². The number of thioether (sulfide) groups is 1. The maximum absolute atomic E-state index is 13.1. The van der Waals surface area contributed by atoms with Crippen molar-refractivity contribution in [1.82, 2.24) is 4.90 Å². The first kappa shape index (κ1) is 14.5. The van der Waals surface area contributed by atoms with Gasteiger partial charge in [-0.15, -0.1) is 0 Å². The van der Waals surface area contributed by atoms with E-state index in [-0.39, 0.29) is 20.5 Å². The molecule has 1 heterocycles. The third-order valence-electron chi connectivity index (χ3n) is 2.44. The van der Waals surface area contributed by atoms with E-state index >= 15 is 0 Å². The van der Waals surface area contributed by atoms with E-state index in [0.29, 0.717) is 0 Å². The van der Waals surface area contributed by atoms with Crippen molar-refractivity contribution in [2.24, 2.45) is 0 Å². The van der Waals surface area contributed by atoms with Crippen molar-refractivity contribution in [3.8, 4) is 5.75 Å². The zero-order valence-corrected chi connectivity index (χ0v) is 11.5. The molecular weight excluding hydrogens is 305 g/mol. The SMILES string of the molecule is O=C(O)CN1C(=O)/C(=C\c2cc(F)ccc2O)SC1=S. The van der Waals surface area contributed by atoms with Crippen LogP contribution in [0.3, 0.4) is 0 Å². The maximum Gasteiger partial charge on any atom is 0.323 e. The number of phenolic OH excluding ortho intramolecular Hbond substituents is 1. The van der Waals surface area contributed by atoms with Gasteiger partial charge in [0.25, 0.3) is 5.91 Å². The van der Waals surface area contributed by atoms with E-state index in [2.05, 4.69) is 0 Å². The average molecular weight is 313 g/mol. The molecule has 0 radical (unpaired) electrons. The highest BCUT2D eigenvalue weighted by atomic mass is 32.2. The van der Waals surface area contributed by atoms with Crippen LogP contribution in [0.5, 0.6) is 5.75 Å². The number of carbonyl (C=O) groups excluding carboxylic acids is 1. The molecule has 1 aliphatic rings. The van der Waals surface area contributed by atoms with Gasteiger partial charge in [-0.3, -0.25) is 14.5 Å². The summed E-state index contributed by atoms with van der Waals surface area (Å²) >= 11 is 5.82. The lowest BCUT2D eigenvalue weighted by molar-refractivity contribution is -0.140. The van der Waals surface area contributed by atoms with Crippen LogP contribution in [0.25, 0.3) is 6.08 Å². The highest BCUT2D eigenvalue weighted by Crippen LogP contribution is 2.33. The highest BCUT2D eigenvalue weighted by Gasteiger charge is 2.33. The lowest BCUT2D eigenvalue weighted by Gasteiger charge is -2.10. The number of thiocarbonyl (C=S) groups is 1. The molecule has 8 heteroatoms. The van der Waals surface area contributed by atoms with E-state index in [4.69, 9.17) is 17.3 Å². The van der Waals surface area contributed by atoms with Crippen molar-refractivity contribution < 1.29 is 24.2 Å². The Balaban J connectivity index is 2.32. The number of carboxylic acid groups (broad SMARTS) is 1. The Labute approximate surface area is 122 Å². The molecule has 1 saturated heterocycles. The van der Waals surface area contributed by atoms with Crippen molar-refractivity contribution in [3.05, 3.63) is 34.5 Å². The number of carboxylic acids is 1. The smallest absolute Gasteiger partial charge is 0.323 e. The molecule has 0 unspecified atom stereocenters. The summed E-state index contributed by atoms with van der Waals surface area (Å²) in [7, 11) is 0. The summed E-state index contributed by atoms with van der Waals surface area (Å²) in [5.41, 5.74) is 0.126. The molecule has 2 N–H and O–H groups in total. The van der Waals surface area contributed by atoms with Crippen LogP contribution < -0.4 is 0 Å². The summed E-state index contributed by atoms with van der Waals surface area (Å²) in [6.07, 6.45) is 1.28. The Morgan fingerprint density at radius 2 is 2.20 bits per heavy atom. The van der Waals surface area contributed by atoms with Crippen LogP contribution in [0.2, 0.25) is 0 Å². The molecule has 0 saturated carbocycles. The number of halogens is 1. The number of carbonyl (C=O) groups is 2. The number of phenols is 1. The number of amides is 1. The molecule has 104 valence electrons. The molecule has 1 aromatic carbocycles. The number of hydrogen-bond donors (Lipinski definition) is 2. The molecule has 1 amide bonds. The lowest BCUT2D eigenvalue weighted by Crippen LogP contribution is -2.33. The van der Waals surface area contributed by atoms with Gasteiger partial charge in [-0.25, -0.2) is 4.39 Å². The Bertz CT molecular complexity index is 644. The van der Waals surface area contributed by atoms with Gasteiger partial charge in [0.15, 0.2) is 0 Å². The monoisotopic (exact) mass is 313 g/mol. The van der Waals surface area contributed by atoms with E-state index in [1.165, 1.54) is 12.1 Å². The van der Waals surface area contributed by atoms with Crippen LogP contribution in [0.1, 0.15) is 5.56 Å². The predicted molar refractivity (Wildman–Crippen MR) is 75.6 cm³/mol. The highest BCUT2D eigenvalue weighted by molar-refractivity contribution is 8.26. The fourth-order valence-corrected chi connectivity index (χ4v) is 2.80. The summed E-state index contributed by atoms with van der Waals surface area (Å²) in [5, 5.41) is 18.3. The van der Waals surface area contributed by atoms with E-state index < -0.39 is 24.2 Å².